The number of rotatable bonds is 5. The molecule has 0 aliphatic heterocycles. The lowest BCUT2D eigenvalue weighted by Gasteiger charge is -1.96. The van der Waals surface area contributed by atoms with Crippen LogP contribution in [-0.4, -0.2) is 25.2 Å². The molecule has 0 unspecified atom stereocenters. The molecule has 0 amide bonds. The Bertz CT molecular complexity index is 699. The van der Waals surface area contributed by atoms with E-state index in [1.807, 2.05) is 23.0 Å². The van der Waals surface area contributed by atoms with Gasteiger partial charge in [-0.3, -0.25) is 0 Å². The molecule has 3 aromatic rings. The quantitative estimate of drug-likeness (QED) is 0.775. The minimum atomic E-state index is 0.442. The first-order valence-corrected chi connectivity index (χ1v) is 7.34. The molecule has 1 N–H and O–H groups in total. The molecule has 3 heterocycles. The normalized spacial score (nSPS) is 14.6. The van der Waals surface area contributed by atoms with E-state index in [0.29, 0.717) is 18.5 Å². The molecular formula is C12H12N6OS. The third-order valence-electron chi connectivity index (χ3n) is 3.10. The highest BCUT2D eigenvalue weighted by molar-refractivity contribution is 7.08. The first kappa shape index (κ1) is 11.6. The van der Waals surface area contributed by atoms with Gasteiger partial charge in [-0.2, -0.15) is 11.3 Å². The van der Waals surface area contributed by atoms with E-state index < -0.39 is 0 Å². The van der Waals surface area contributed by atoms with Crippen molar-refractivity contribution in [1.29, 1.82) is 0 Å². The molecule has 0 spiro atoms. The number of hydrogen-bond acceptors (Lipinski definition) is 7. The average Bonchev–Trinajstić information content (AvgIpc) is 2.93. The van der Waals surface area contributed by atoms with E-state index in [4.69, 9.17) is 4.42 Å². The zero-order chi connectivity index (χ0) is 13.4. The van der Waals surface area contributed by atoms with Crippen LogP contribution in [0.3, 0.4) is 0 Å². The average molecular weight is 288 g/mol. The fourth-order valence-electron chi connectivity index (χ4n) is 1.86. The Labute approximate surface area is 118 Å². The van der Waals surface area contributed by atoms with E-state index in [0.717, 1.165) is 30.1 Å². The Morgan fingerprint density at radius 1 is 1.35 bits per heavy atom. The summed E-state index contributed by atoms with van der Waals surface area (Å²) >= 11 is 1.63. The van der Waals surface area contributed by atoms with E-state index in [1.54, 1.807) is 16.0 Å². The molecule has 0 radical (unpaired) electrons. The molecule has 0 saturated heterocycles. The van der Waals surface area contributed by atoms with Crippen molar-refractivity contribution in [2.45, 2.75) is 25.3 Å². The Hall–Kier alpha value is -2.22. The van der Waals surface area contributed by atoms with E-state index in [2.05, 4.69) is 25.8 Å². The number of anilines is 1. The number of hydrogen-bond donors (Lipinski definition) is 1. The number of aromatic nitrogens is 5. The number of thiophene rings is 1. The molecule has 0 bridgehead atoms. The fraction of sp³-hybridized carbons (Fsp3) is 0.333. The maximum absolute atomic E-state index is 5.52. The predicted octanol–water partition coefficient (Wildman–Crippen LogP) is 2.20. The van der Waals surface area contributed by atoms with Crippen molar-refractivity contribution >= 4 is 17.4 Å². The van der Waals surface area contributed by atoms with Crippen LogP contribution in [0.25, 0.3) is 5.69 Å². The standard InChI is InChI=1S/C12H12N6OS/c1-2-8(1)11-15-16-12(19-11)13-5-9-6-18(17-14-9)10-3-4-20-7-10/h3-4,6-8H,1-2,5H2,(H,13,16). The van der Waals surface area contributed by atoms with Gasteiger partial charge in [0.1, 0.15) is 5.69 Å². The lowest BCUT2D eigenvalue weighted by Crippen LogP contribution is -1.99. The van der Waals surface area contributed by atoms with Crippen LogP contribution in [0.2, 0.25) is 0 Å². The van der Waals surface area contributed by atoms with Gasteiger partial charge < -0.3 is 9.73 Å². The van der Waals surface area contributed by atoms with Crippen LogP contribution >= 0.6 is 11.3 Å². The first-order chi connectivity index (χ1) is 9.88. The molecule has 1 aliphatic carbocycles. The largest absolute Gasteiger partial charge is 0.408 e. The molecule has 0 atom stereocenters. The van der Waals surface area contributed by atoms with Gasteiger partial charge in [0, 0.05) is 11.3 Å². The zero-order valence-electron chi connectivity index (χ0n) is 10.6. The zero-order valence-corrected chi connectivity index (χ0v) is 11.4. The van der Waals surface area contributed by atoms with Crippen molar-refractivity contribution < 1.29 is 4.42 Å². The van der Waals surface area contributed by atoms with Crippen LogP contribution in [0.4, 0.5) is 6.01 Å². The van der Waals surface area contributed by atoms with Crippen molar-refractivity contribution in [3.63, 3.8) is 0 Å². The summed E-state index contributed by atoms with van der Waals surface area (Å²) in [6.45, 7) is 0.510. The third-order valence-corrected chi connectivity index (χ3v) is 3.77. The van der Waals surface area contributed by atoms with Crippen LogP contribution in [0.5, 0.6) is 0 Å². The SMILES string of the molecule is c1cc(-n2cc(CNc3nnc(C4CC4)o3)nn2)cs1. The Kier molecular flexibility index (Phi) is 2.73. The molecule has 1 aliphatic rings. The molecule has 8 heteroatoms. The van der Waals surface area contributed by atoms with E-state index in [-0.39, 0.29) is 0 Å². The molecule has 4 rings (SSSR count). The van der Waals surface area contributed by atoms with Gasteiger partial charge in [0.2, 0.25) is 5.89 Å². The summed E-state index contributed by atoms with van der Waals surface area (Å²) in [5.74, 6) is 1.20. The molecule has 1 saturated carbocycles. The summed E-state index contributed by atoms with van der Waals surface area (Å²) in [5.41, 5.74) is 1.84. The van der Waals surface area contributed by atoms with E-state index in [1.165, 1.54) is 0 Å². The minimum absolute atomic E-state index is 0.442. The second-order valence-electron chi connectivity index (χ2n) is 4.71. The second-order valence-corrected chi connectivity index (χ2v) is 5.49. The van der Waals surface area contributed by atoms with Crippen molar-refractivity contribution in [3.05, 3.63) is 34.6 Å². The summed E-state index contributed by atoms with van der Waals surface area (Å²) in [6.07, 6.45) is 4.18. The van der Waals surface area contributed by atoms with Crippen LogP contribution < -0.4 is 5.32 Å². The van der Waals surface area contributed by atoms with E-state index in [9.17, 15) is 0 Å². The molecule has 0 aromatic carbocycles. The van der Waals surface area contributed by atoms with Crippen molar-refractivity contribution in [2.24, 2.45) is 0 Å². The second kappa shape index (κ2) is 4.71. The van der Waals surface area contributed by atoms with Crippen molar-refractivity contribution in [2.75, 3.05) is 5.32 Å². The van der Waals surface area contributed by atoms with Crippen LogP contribution in [-0.2, 0) is 6.54 Å². The number of nitrogens with zero attached hydrogens (tertiary/aromatic N) is 5. The van der Waals surface area contributed by atoms with Gasteiger partial charge in [-0.25, -0.2) is 4.68 Å². The molecule has 20 heavy (non-hydrogen) atoms. The maximum Gasteiger partial charge on any atom is 0.315 e. The summed E-state index contributed by atoms with van der Waals surface area (Å²) < 4.78 is 7.27. The van der Waals surface area contributed by atoms with Gasteiger partial charge in [-0.1, -0.05) is 10.3 Å². The van der Waals surface area contributed by atoms with Crippen LogP contribution in [0, 0.1) is 0 Å². The lowest BCUT2D eigenvalue weighted by atomic mass is 10.4. The van der Waals surface area contributed by atoms with Gasteiger partial charge in [0.05, 0.1) is 18.4 Å². The summed E-state index contributed by atoms with van der Waals surface area (Å²) in [5, 5.41) is 23.3. The molecule has 3 aromatic heterocycles. The number of nitrogens with one attached hydrogen (secondary N) is 1. The predicted molar refractivity (Wildman–Crippen MR) is 72.8 cm³/mol. The van der Waals surface area contributed by atoms with Crippen LogP contribution in [0.1, 0.15) is 30.3 Å². The van der Waals surface area contributed by atoms with Gasteiger partial charge in [-0.15, -0.1) is 10.2 Å². The van der Waals surface area contributed by atoms with Crippen LogP contribution in [0.15, 0.2) is 27.4 Å². The Morgan fingerprint density at radius 3 is 3.10 bits per heavy atom. The Morgan fingerprint density at radius 2 is 2.30 bits per heavy atom. The first-order valence-electron chi connectivity index (χ1n) is 6.39. The van der Waals surface area contributed by atoms with E-state index >= 15 is 0 Å². The highest BCUT2D eigenvalue weighted by atomic mass is 32.1. The van der Waals surface area contributed by atoms with Gasteiger partial charge >= 0.3 is 6.01 Å². The molecule has 1 fully saturated rings. The molecule has 7 nitrogen and oxygen atoms in total. The highest BCUT2D eigenvalue weighted by Crippen LogP contribution is 2.39. The van der Waals surface area contributed by atoms with Crippen molar-refractivity contribution in [1.82, 2.24) is 25.2 Å². The van der Waals surface area contributed by atoms with Gasteiger partial charge in [-0.05, 0) is 24.3 Å². The smallest absolute Gasteiger partial charge is 0.315 e. The highest BCUT2D eigenvalue weighted by Gasteiger charge is 2.29. The summed E-state index contributed by atoms with van der Waals surface area (Å²) in [7, 11) is 0. The monoisotopic (exact) mass is 288 g/mol. The third kappa shape index (κ3) is 2.29. The molecular weight excluding hydrogens is 276 g/mol. The minimum Gasteiger partial charge on any atom is -0.408 e. The summed E-state index contributed by atoms with van der Waals surface area (Å²) in [6, 6.07) is 2.44. The van der Waals surface area contributed by atoms with Gasteiger partial charge in [0.15, 0.2) is 0 Å². The maximum atomic E-state index is 5.52. The topological polar surface area (TPSA) is 81.7 Å². The van der Waals surface area contributed by atoms with Gasteiger partial charge in [0.25, 0.3) is 0 Å². The Balaban J connectivity index is 1.41. The molecule has 102 valence electrons. The summed E-state index contributed by atoms with van der Waals surface area (Å²) in [4.78, 5) is 0. The fourth-order valence-corrected chi connectivity index (χ4v) is 2.48. The lowest BCUT2D eigenvalue weighted by molar-refractivity contribution is 0.506. The van der Waals surface area contributed by atoms with Crippen molar-refractivity contribution in [3.8, 4) is 5.69 Å².